The molecule has 0 aliphatic heterocycles. The van der Waals surface area contributed by atoms with Crippen LogP contribution in [-0.4, -0.2) is 14.8 Å². The van der Waals surface area contributed by atoms with Gasteiger partial charge in [-0.05, 0) is 5.56 Å². The molecule has 3 aromatic rings. The van der Waals surface area contributed by atoms with E-state index in [1.165, 1.54) is 0 Å². The van der Waals surface area contributed by atoms with E-state index in [4.69, 9.17) is 0 Å². The van der Waals surface area contributed by atoms with Gasteiger partial charge in [0.15, 0.2) is 0 Å². The first kappa shape index (κ1) is 12.7. The van der Waals surface area contributed by atoms with Crippen LogP contribution in [0.4, 0.5) is 0 Å². The van der Waals surface area contributed by atoms with Crippen molar-refractivity contribution in [2.45, 2.75) is 0 Å². The van der Waals surface area contributed by atoms with Crippen molar-refractivity contribution < 1.29 is 20.1 Å². The summed E-state index contributed by atoms with van der Waals surface area (Å²) in [6, 6.07) is 16.8. The number of benzene rings is 1. The maximum atomic E-state index is 4.29. The van der Waals surface area contributed by atoms with Gasteiger partial charge in [-0.25, -0.2) is 16.8 Å². The Balaban J connectivity index is 0.00000120. The summed E-state index contributed by atoms with van der Waals surface area (Å²) in [6.45, 7) is 0. The molecule has 91 valence electrons. The molecule has 0 aliphatic carbocycles. The monoisotopic (exact) mass is 413 g/mol. The van der Waals surface area contributed by atoms with Crippen LogP contribution in [0.15, 0.2) is 61.1 Å². The van der Waals surface area contributed by atoms with Crippen molar-refractivity contribution in [3.63, 3.8) is 0 Å². The number of rotatable bonds is 2. The van der Waals surface area contributed by atoms with Crippen molar-refractivity contribution in [3.05, 3.63) is 67.1 Å². The van der Waals surface area contributed by atoms with Crippen LogP contribution in [-0.2, 0) is 20.1 Å². The Morgan fingerprint density at radius 3 is 2.56 bits per heavy atom. The zero-order chi connectivity index (χ0) is 11.5. The van der Waals surface area contributed by atoms with Crippen molar-refractivity contribution in [1.82, 2.24) is 14.8 Å². The van der Waals surface area contributed by atoms with Gasteiger partial charge in [0.1, 0.15) is 0 Å². The van der Waals surface area contributed by atoms with Gasteiger partial charge in [0.2, 0.25) is 0 Å². The van der Waals surface area contributed by atoms with E-state index < -0.39 is 0 Å². The number of aromatic nitrogens is 3. The van der Waals surface area contributed by atoms with E-state index >= 15 is 0 Å². The molecule has 0 N–H and O–H groups in total. The van der Waals surface area contributed by atoms with Gasteiger partial charge >= 0.3 is 0 Å². The summed E-state index contributed by atoms with van der Waals surface area (Å²) in [7, 11) is 0. The Hall–Kier alpha value is -1.77. The summed E-state index contributed by atoms with van der Waals surface area (Å²) < 4.78 is 1.72. The summed E-state index contributed by atoms with van der Waals surface area (Å²) in [5.74, 6) is 0.703. The van der Waals surface area contributed by atoms with E-state index in [2.05, 4.69) is 28.3 Å². The third kappa shape index (κ3) is 2.55. The van der Waals surface area contributed by atoms with Crippen LogP contribution in [0.25, 0.3) is 16.9 Å². The predicted molar refractivity (Wildman–Crippen MR) is 65.6 cm³/mol. The standard InChI is InChI=1S/C14H10N3.Ir/c1-2-6-12(7-3-1)13-10-16-17(11-13)14-8-4-5-9-15-14;/h1-7,9-11H;/q-1;. The van der Waals surface area contributed by atoms with Crippen LogP contribution < -0.4 is 0 Å². The fourth-order valence-electron chi connectivity index (χ4n) is 1.66. The maximum absolute atomic E-state index is 4.29. The van der Waals surface area contributed by atoms with Gasteiger partial charge in [-0.2, -0.15) is 11.2 Å². The Kier molecular flexibility index (Phi) is 4.03. The summed E-state index contributed by atoms with van der Waals surface area (Å²) >= 11 is 0. The van der Waals surface area contributed by atoms with Crippen molar-refractivity contribution in [2.75, 3.05) is 0 Å². The second kappa shape index (κ2) is 5.71. The Bertz CT molecular complexity index is 551. The fraction of sp³-hybridized carbons (Fsp3) is 0. The van der Waals surface area contributed by atoms with Gasteiger partial charge in [0, 0.05) is 31.9 Å². The molecular formula is C14H10IrN3-. The average Bonchev–Trinajstić information content (AvgIpc) is 2.90. The van der Waals surface area contributed by atoms with E-state index in [-0.39, 0.29) is 20.1 Å². The largest absolute Gasteiger partial charge is 0.277 e. The van der Waals surface area contributed by atoms with Gasteiger partial charge in [-0.1, -0.05) is 36.5 Å². The molecule has 0 spiro atoms. The molecule has 0 fully saturated rings. The number of hydrogen-bond donors (Lipinski definition) is 0. The zero-order valence-corrected chi connectivity index (χ0v) is 11.8. The van der Waals surface area contributed by atoms with E-state index in [1.807, 2.05) is 42.7 Å². The molecule has 3 rings (SSSR count). The minimum atomic E-state index is 0. The maximum Gasteiger partial charge on any atom is 0.0616 e. The molecule has 4 heteroatoms. The summed E-state index contributed by atoms with van der Waals surface area (Å²) in [5, 5.41) is 4.29. The molecule has 0 aliphatic rings. The van der Waals surface area contributed by atoms with Crippen LogP contribution in [0.5, 0.6) is 0 Å². The molecule has 1 aromatic carbocycles. The topological polar surface area (TPSA) is 30.7 Å². The molecule has 0 amide bonds. The number of pyridine rings is 1. The number of nitrogens with zero attached hydrogens (tertiary/aromatic N) is 3. The predicted octanol–water partition coefficient (Wildman–Crippen LogP) is 2.73. The van der Waals surface area contributed by atoms with E-state index in [9.17, 15) is 0 Å². The van der Waals surface area contributed by atoms with Crippen LogP contribution in [0.3, 0.4) is 0 Å². The van der Waals surface area contributed by atoms with Gasteiger partial charge in [0.05, 0.1) is 12.0 Å². The number of hydrogen-bond acceptors (Lipinski definition) is 2. The molecule has 18 heavy (non-hydrogen) atoms. The van der Waals surface area contributed by atoms with Crippen molar-refractivity contribution in [1.29, 1.82) is 0 Å². The van der Waals surface area contributed by atoms with Crippen LogP contribution in [0, 0.1) is 6.07 Å². The van der Waals surface area contributed by atoms with Gasteiger partial charge in [0.25, 0.3) is 0 Å². The summed E-state index contributed by atoms with van der Waals surface area (Å²) in [5.41, 5.74) is 2.22. The first-order valence-electron chi connectivity index (χ1n) is 5.37. The molecule has 0 saturated carbocycles. The van der Waals surface area contributed by atoms with Crippen molar-refractivity contribution in [2.24, 2.45) is 0 Å². The Morgan fingerprint density at radius 1 is 1.00 bits per heavy atom. The Labute approximate surface area is 119 Å². The molecule has 3 nitrogen and oxygen atoms in total. The van der Waals surface area contributed by atoms with E-state index in [0.717, 1.165) is 11.1 Å². The van der Waals surface area contributed by atoms with Crippen molar-refractivity contribution >= 4 is 0 Å². The third-order valence-electron chi connectivity index (χ3n) is 2.50. The molecular weight excluding hydrogens is 402 g/mol. The summed E-state index contributed by atoms with van der Waals surface area (Å²) in [4.78, 5) is 4.20. The second-order valence-electron chi connectivity index (χ2n) is 3.64. The first-order chi connectivity index (χ1) is 8.43. The molecule has 1 radical (unpaired) electrons. The van der Waals surface area contributed by atoms with Gasteiger partial charge < -0.3 is 0 Å². The van der Waals surface area contributed by atoms with Crippen LogP contribution >= 0.6 is 0 Å². The summed E-state index contributed by atoms with van der Waals surface area (Å²) in [6.07, 6.45) is 5.52. The normalized spacial score (nSPS) is 9.78. The van der Waals surface area contributed by atoms with Crippen LogP contribution in [0.1, 0.15) is 0 Å². The molecule has 0 atom stereocenters. The van der Waals surface area contributed by atoms with Gasteiger partial charge in [-0.3, -0.25) is 4.98 Å². The van der Waals surface area contributed by atoms with E-state index in [0.29, 0.717) is 5.82 Å². The SMILES string of the molecule is [Ir].[c-]1cccnc1-n1cc(-c2ccccc2)cn1. The quantitative estimate of drug-likeness (QED) is 0.606. The third-order valence-corrected chi connectivity index (χ3v) is 2.50. The van der Waals surface area contributed by atoms with Crippen LogP contribution in [0.2, 0.25) is 0 Å². The van der Waals surface area contributed by atoms with E-state index in [1.54, 1.807) is 10.9 Å². The van der Waals surface area contributed by atoms with Crippen molar-refractivity contribution in [3.8, 4) is 16.9 Å². The minimum absolute atomic E-state index is 0. The molecule has 0 unspecified atom stereocenters. The smallest absolute Gasteiger partial charge is 0.0616 e. The molecule has 2 heterocycles. The second-order valence-corrected chi connectivity index (χ2v) is 3.64. The minimum Gasteiger partial charge on any atom is -0.277 e. The first-order valence-corrected chi connectivity index (χ1v) is 5.37. The fourth-order valence-corrected chi connectivity index (χ4v) is 1.66. The molecule has 0 bridgehead atoms. The van der Waals surface area contributed by atoms with Gasteiger partial charge in [-0.15, -0.1) is 0 Å². The Morgan fingerprint density at radius 2 is 1.83 bits per heavy atom. The average molecular weight is 412 g/mol. The molecule has 0 saturated heterocycles. The molecule has 2 aromatic heterocycles. The zero-order valence-electron chi connectivity index (χ0n) is 9.45.